The van der Waals surface area contributed by atoms with Gasteiger partial charge in [0.2, 0.25) is 23.6 Å². The molecule has 0 aliphatic carbocycles. The number of carboxylic acids is 1. The van der Waals surface area contributed by atoms with Crippen molar-refractivity contribution in [2.24, 2.45) is 23.7 Å². The fourth-order valence-electron chi connectivity index (χ4n) is 7.89. The van der Waals surface area contributed by atoms with E-state index in [1.165, 1.54) is 32.8 Å². The van der Waals surface area contributed by atoms with E-state index in [1.807, 2.05) is 48.6 Å². The molecule has 0 saturated carbocycles. The average Bonchev–Trinajstić information content (AvgIpc) is 3.59. The van der Waals surface area contributed by atoms with Gasteiger partial charge in [-0.25, -0.2) is 0 Å². The van der Waals surface area contributed by atoms with Crippen LogP contribution in [-0.4, -0.2) is 134 Å². The number of ether oxygens (including phenoxy) is 2. The lowest BCUT2D eigenvalue weighted by Crippen LogP contribution is -2.60. The average molecular weight is 754 g/mol. The van der Waals surface area contributed by atoms with Crippen LogP contribution < -0.4 is 10.6 Å². The molecule has 3 N–H and O–H groups in total. The lowest BCUT2D eigenvalue weighted by atomic mass is 9.89. The second-order valence-corrected chi connectivity index (χ2v) is 15.9. The molecule has 13 nitrogen and oxygen atoms in total. The Morgan fingerprint density at radius 3 is 2.02 bits per heavy atom. The molecule has 4 amide bonds. The van der Waals surface area contributed by atoms with Crippen LogP contribution in [0.25, 0.3) is 0 Å². The van der Waals surface area contributed by atoms with Gasteiger partial charge in [0.05, 0.1) is 42.7 Å². The summed E-state index contributed by atoms with van der Waals surface area (Å²) in [5.41, 5.74) is 0. The highest BCUT2D eigenvalue weighted by atomic mass is 16.5. The molecule has 0 spiro atoms. The fraction of sp³-hybridized carbons (Fsp3) is 0.875. The summed E-state index contributed by atoms with van der Waals surface area (Å²) in [7, 11) is 6.76. The SMILES string of the molecule is CCCCCCCCN(C)[C@H](C(=O)N[C@H](C(=O)N(C)[C@@H]([C@@H](C)CC)[C@@H](CC(=O)N1CCC[C@H]1[C@H](OC)[C@@H](C)C(=O)NCC(=O)O)OC)C(C)C)C(C)C. The van der Waals surface area contributed by atoms with Gasteiger partial charge in [0.1, 0.15) is 12.6 Å². The van der Waals surface area contributed by atoms with E-state index in [9.17, 15) is 24.0 Å². The first-order chi connectivity index (χ1) is 25.0. The number of hydrogen-bond acceptors (Lipinski definition) is 8. The van der Waals surface area contributed by atoms with E-state index >= 15 is 0 Å². The monoisotopic (exact) mass is 754 g/mol. The van der Waals surface area contributed by atoms with E-state index in [1.54, 1.807) is 30.9 Å². The maximum Gasteiger partial charge on any atom is 0.322 e. The lowest BCUT2D eigenvalue weighted by molar-refractivity contribution is -0.148. The van der Waals surface area contributed by atoms with Crippen LogP contribution >= 0.6 is 0 Å². The minimum Gasteiger partial charge on any atom is -0.480 e. The van der Waals surface area contributed by atoms with Gasteiger partial charge in [0.25, 0.3) is 0 Å². The Morgan fingerprint density at radius 1 is 0.868 bits per heavy atom. The Bertz CT molecular complexity index is 1140. The van der Waals surface area contributed by atoms with Gasteiger partial charge in [0.15, 0.2) is 0 Å². The molecule has 1 aliphatic heterocycles. The van der Waals surface area contributed by atoms with Crippen LogP contribution in [-0.2, 0) is 33.4 Å². The van der Waals surface area contributed by atoms with Gasteiger partial charge >= 0.3 is 5.97 Å². The molecule has 1 rings (SSSR count). The predicted molar refractivity (Wildman–Crippen MR) is 208 cm³/mol. The number of unbranched alkanes of at least 4 members (excludes halogenated alkanes) is 5. The quantitative estimate of drug-likeness (QED) is 0.108. The molecule has 0 aromatic heterocycles. The molecule has 1 aliphatic rings. The number of methoxy groups -OCH3 is 2. The molecule has 13 heteroatoms. The minimum absolute atomic E-state index is 0.00696. The third-order valence-electron chi connectivity index (χ3n) is 11.1. The second-order valence-electron chi connectivity index (χ2n) is 15.9. The van der Waals surface area contributed by atoms with Crippen molar-refractivity contribution in [1.29, 1.82) is 0 Å². The van der Waals surface area contributed by atoms with E-state index in [2.05, 4.69) is 22.5 Å². The Balaban J connectivity index is 3.19. The van der Waals surface area contributed by atoms with Crippen molar-refractivity contribution in [3.63, 3.8) is 0 Å². The highest BCUT2D eigenvalue weighted by Crippen LogP contribution is 2.29. The number of carboxylic acid groups (broad SMARTS) is 1. The second kappa shape index (κ2) is 24.6. The maximum absolute atomic E-state index is 14.4. The highest BCUT2D eigenvalue weighted by molar-refractivity contribution is 5.90. The van der Waals surface area contributed by atoms with Gasteiger partial charge in [-0.1, -0.05) is 93.9 Å². The van der Waals surface area contributed by atoms with Crippen LogP contribution in [0.3, 0.4) is 0 Å². The molecule has 53 heavy (non-hydrogen) atoms. The number of carbonyl (C=O) groups excluding carboxylic acids is 4. The zero-order valence-electron chi connectivity index (χ0n) is 35.1. The van der Waals surface area contributed by atoms with Crippen molar-refractivity contribution in [3.05, 3.63) is 0 Å². The molecular formula is C40H75N5O8. The van der Waals surface area contributed by atoms with Gasteiger partial charge < -0.3 is 35.0 Å². The molecule has 8 atom stereocenters. The molecule has 0 radical (unpaired) electrons. The molecule has 0 unspecified atom stereocenters. The summed E-state index contributed by atoms with van der Waals surface area (Å²) >= 11 is 0. The number of amides is 4. The number of rotatable bonds is 26. The van der Waals surface area contributed by atoms with Crippen LogP contribution in [0.2, 0.25) is 0 Å². The van der Waals surface area contributed by atoms with Crippen LogP contribution in [0.4, 0.5) is 0 Å². The van der Waals surface area contributed by atoms with E-state index in [-0.39, 0.29) is 54.0 Å². The Morgan fingerprint density at radius 2 is 1.49 bits per heavy atom. The number of aliphatic carboxylic acids is 1. The predicted octanol–water partition coefficient (Wildman–Crippen LogP) is 4.57. The Labute approximate surface area is 320 Å². The van der Waals surface area contributed by atoms with Gasteiger partial charge in [-0.2, -0.15) is 0 Å². The third-order valence-corrected chi connectivity index (χ3v) is 11.1. The fourth-order valence-corrected chi connectivity index (χ4v) is 7.89. The molecule has 1 saturated heterocycles. The van der Waals surface area contributed by atoms with Crippen molar-refractivity contribution in [3.8, 4) is 0 Å². The number of likely N-dealkylation sites (N-methyl/N-ethyl adjacent to an activating group) is 2. The number of carbonyl (C=O) groups is 5. The molecule has 1 heterocycles. The van der Waals surface area contributed by atoms with Gasteiger partial charge in [0, 0.05) is 27.8 Å². The van der Waals surface area contributed by atoms with Crippen LogP contribution in [0.1, 0.15) is 120 Å². The van der Waals surface area contributed by atoms with Crippen LogP contribution in [0.15, 0.2) is 0 Å². The first-order valence-corrected chi connectivity index (χ1v) is 20.1. The van der Waals surface area contributed by atoms with Gasteiger partial charge in [-0.3, -0.25) is 28.9 Å². The maximum atomic E-state index is 14.4. The summed E-state index contributed by atoms with van der Waals surface area (Å²) in [5, 5.41) is 14.5. The van der Waals surface area contributed by atoms with Crippen molar-refractivity contribution in [2.45, 2.75) is 156 Å². The zero-order valence-corrected chi connectivity index (χ0v) is 35.1. The Hall–Kier alpha value is -2.77. The molecule has 0 aromatic rings. The molecular weight excluding hydrogens is 678 g/mol. The van der Waals surface area contributed by atoms with Gasteiger partial charge in [-0.15, -0.1) is 0 Å². The first kappa shape index (κ1) is 48.2. The molecule has 308 valence electrons. The van der Waals surface area contributed by atoms with Crippen molar-refractivity contribution in [2.75, 3.05) is 47.9 Å². The van der Waals surface area contributed by atoms with E-state index in [0.29, 0.717) is 13.0 Å². The number of likely N-dealkylation sites (tertiary alicyclic amines) is 1. The smallest absolute Gasteiger partial charge is 0.322 e. The molecule has 0 aromatic carbocycles. The van der Waals surface area contributed by atoms with E-state index in [4.69, 9.17) is 14.6 Å². The van der Waals surface area contributed by atoms with Crippen LogP contribution in [0.5, 0.6) is 0 Å². The highest BCUT2D eigenvalue weighted by Gasteiger charge is 2.43. The van der Waals surface area contributed by atoms with E-state index < -0.39 is 48.6 Å². The molecule has 1 fully saturated rings. The van der Waals surface area contributed by atoms with Crippen molar-refractivity contribution >= 4 is 29.6 Å². The standard InChI is InChI=1S/C40H75N5O8/c1-13-15-16-17-18-19-22-43(9)35(27(5)6)39(50)42-34(26(3)4)40(51)44(10)36(28(7)14-2)31(52-11)24-32(46)45-23-20-21-30(45)37(53-12)29(8)38(49)41-25-33(47)48/h26-31,34-37H,13-25H2,1-12H3,(H,41,49)(H,42,50)(H,47,48)/t28-,29+,30-,31+,34-,35-,36-,37+/m0/s1. The summed E-state index contributed by atoms with van der Waals surface area (Å²) in [6, 6.07) is -1.99. The van der Waals surface area contributed by atoms with Crippen molar-refractivity contribution < 1.29 is 38.6 Å². The number of hydrogen-bond donors (Lipinski definition) is 3. The summed E-state index contributed by atoms with van der Waals surface area (Å²) in [6.07, 6.45) is 7.86. The number of nitrogens with zero attached hydrogens (tertiary/aromatic N) is 3. The normalized spacial score (nSPS) is 18.7. The van der Waals surface area contributed by atoms with Crippen LogP contribution in [0, 0.1) is 23.7 Å². The zero-order chi connectivity index (χ0) is 40.4. The summed E-state index contributed by atoms with van der Waals surface area (Å²) in [5.74, 6) is -3.02. The summed E-state index contributed by atoms with van der Waals surface area (Å²) in [4.78, 5) is 71.6. The largest absolute Gasteiger partial charge is 0.480 e. The third kappa shape index (κ3) is 14.8. The minimum atomic E-state index is -1.14. The topological polar surface area (TPSA) is 158 Å². The van der Waals surface area contributed by atoms with Gasteiger partial charge in [-0.05, 0) is 50.6 Å². The summed E-state index contributed by atoms with van der Waals surface area (Å²) in [6.45, 7) is 16.7. The number of nitrogens with one attached hydrogen (secondary N) is 2. The Kier molecular flexibility index (Phi) is 22.4. The lowest BCUT2D eigenvalue weighted by Gasteiger charge is -2.41. The van der Waals surface area contributed by atoms with E-state index in [0.717, 1.165) is 32.2 Å². The van der Waals surface area contributed by atoms with Crippen molar-refractivity contribution in [1.82, 2.24) is 25.3 Å². The molecule has 0 bridgehead atoms. The first-order valence-electron chi connectivity index (χ1n) is 20.1. The summed E-state index contributed by atoms with van der Waals surface area (Å²) < 4.78 is 11.8.